The van der Waals surface area contributed by atoms with E-state index in [4.69, 9.17) is 1.37 Å². The van der Waals surface area contributed by atoms with Gasteiger partial charge in [-0.05, 0) is 26.2 Å². The topological polar surface area (TPSA) is 24.7 Å². The summed E-state index contributed by atoms with van der Waals surface area (Å²) in [6.07, 6.45) is 3.01. The molecule has 2 nitrogen and oxygen atoms in total. The van der Waals surface area contributed by atoms with Crippen LogP contribution in [0.3, 0.4) is 0 Å². The summed E-state index contributed by atoms with van der Waals surface area (Å²) in [6, 6.07) is 0. The van der Waals surface area contributed by atoms with Crippen molar-refractivity contribution in [1.29, 1.82) is 0 Å². The van der Waals surface area contributed by atoms with Gasteiger partial charge in [0.25, 0.3) is 0 Å². The van der Waals surface area contributed by atoms with Gasteiger partial charge in [-0.2, -0.15) is 10.2 Å². The lowest BCUT2D eigenvalue weighted by Crippen LogP contribution is -2.18. The highest BCUT2D eigenvalue weighted by Crippen LogP contribution is 2.50. The first-order chi connectivity index (χ1) is 5.13. The first kappa shape index (κ1) is 5.28. The maximum Gasteiger partial charge on any atom is 0.0838 e. The summed E-state index contributed by atoms with van der Waals surface area (Å²) in [5.41, 5.74) is -0.245. The minimum absolute atomic E-state index is 0.0833. The molecule has 1 fully saturated rings. The third kappa shape index (κ3) is 0.648. The zero-order valence-corrected chi connectivity index (χ0v) is 6.59. The van der Waals surface area contributed by atoms with Crippen molar-refractivity contribution in [2.75, 3.05) is 0 Å². The van der Waals surface area contributed by atoms with Gasteiger partial charge < -0.3 is 0 Å². The molecule has 1 heterocycles. The van der Waals surface area contributed by atoms with Crippen LogP contribution in [0, 0.1) is 0 Å². The molecule has 1 aliphatic carbocycles. The molecule has 0 aromatic carbocycles. The normalized spacial score (nSPS) is 59.4. The molecule has 0 unspecified atom stereocenters. The highest BCUT2D eigenvalue weighted by atomic mass is 15.3. The van der Waals surface area contributed by atoms with Gasteiger partial charge in [0.2, 0.25) is 0 Å². The smallest absolute Gasteiger partial charge is 0.0838 e. The molecule has 0 aromatic rings. The monoisotopic (exact) mass is 139 g/mol. The van der Waals surface area contributed by atoms with Crippen LogP contribution in [0.15, 0.2) is 10.2 Å². The molecule has 2 aliphatic rings. The highest BCUT2D eigenvalue weighted by Gasteiger charge is 2.49. The maximum absolute atomic E-state index is 7.96. The summed E-state index contributed by atoms with van der Waals surface area (Å²) >= 11 is 0. The summed E-state index contributed by atoms with van der Waals surface area (Å²) in [5.74, 6) is 0. The van der Waals surface area contributed by atoms with Crippen molar-refractivity contribution in [2.24, 2.45) is 10.2 Å². The standard InChI is InChI=1S/C8H14N2/c1-3-8-5-4-7(2,6-8)9-10-8/h3-6H2,1-2H3/t7-,8+/m0/s1/i6D/t6-,7-,8+. The van der Waals surface area contributed by atoms with Crippen LogP contribution in [0.4, 0.5) is 0 Å². The van der Waals surface area contributed by atoms with Crippen molar-refractivity contribution in [2.45, 2.75) is 50.6 Å². The van der Waals surface area contributed by atoms with E-state index in [1.807, 2.05) is 0 Å². The maximum atomic E-state index is 7.96. The summed E-state index contributed by atoms with van der Waals surface area (Å²) in [6.45, 7) is 4.16. The lowest BCUT2D eigenvalue weighted by molar-refractivity contribution is 0.426. The Morgan fingerprint density at radius 3 is 2.50 bits per heavy atom. The predicted molar refractivity (Wildman–Crippen MR) is 40.1 cm³/mol. The number of nitrogens with zero attached hydrogens (tertiary/aromatic N) is 2. The molecule has 56 valence electrons. The largest absolute Gasteiger partial charge is 0.187 e. The molecule has 0 aromatic heterocycles. The van der Waals surface area contributed by atoms with E-state index in [-0.39, 0.29) is 17.5 Å². The van der Waals surface area contributed by atoms with Crippen LogP contribution in [0.2, 0.25) is 0 Å². The minimum atomic E-state index is -0.143. The Kier molecular flexibility index (Phi) is 0.846. The molecule has 10 heavy (non-hydrogen) atoms. The van der Waals surface area contributed by atoms with E-state index >= 15 is 0 Å². The summed E-state index contributed by atoms with van der Waals surface area (Å²) < 4.78 is 7.96. The van der Waals surface area contributed by atoms with Crippen molar-refractivity contribution >= 4 is 0 Å². The Hall–Kier alpha value is -0.400. The fraction of sp³-hybridized carbons (Fsp3) is 1.00. The van der Waals surface area contributed by atoms with Crippen LogP contribution >= 0.6 is 0 Å². The van der Waals surface area contributed by atoms with E-state index in [1.165, 1.54) is 0 Å². The van der Waals surface area contributed by atoms with Crippen molar-refractivity contribution in [1.82, 2.24) is 0 Å². The van der Waals surface area contributed by atoms with Crippen LogP contribution < -0.4 is 0 Å². The number of hydrogen-bond acceptors (Lipinski definition) is 2. The number of fused-ring (bicyclic) bond motifs is 2. The quantitative estimate of drug-likeness (QED) is 0.533. The molecule has 3 atom stereocenters. The summed E-state index contributed by atoms with van der Waals surface area (Å²) in [5, 5.41) is 8.44. The van der Waals surface area contributed by atoms with Crippen molar-refractivity contribution < 1.29 is 1.37 Å². The zero-order valence-electron chi connectivity index (χ0n) is 7.59. The van der Waals surface area contributed by atoms with Crippen LogP contribution in [0.25, 0.3) is 0 Å². The van der Waals surface area contributed by atoms with Crippen LogP contribution in [-0.2, 0) is 0 Å². The molecular weight excluding hydrogens is 124 g/mol. The Morgan fingerprint density at radius 2 is 2.30 bits per heavy atom. The Balaban J connectivity index is 2.37. The van der Waals surface area contributed by atoms with Gasteiger partial charge >= 0.3 is 0 Å². The third-order valence-electron chi connectivity index (χ3n) is 2.73. The molecule has 2 bridgehead atoms. The Bertz CT molecular complexity index is 216. The van der Waals surface area contributed by atoms with E-state index in [0.717, 1.165) is 19.3 Å². The first-order valence-corrected chi connectivity index (χ1v) is 3.99. The van der Waals surface area contributed by atoms with E-state index in [9.17, 15) is 0 Å². The SMILES string of the molecule is [2H][C@@H]1[C@@]2(CC)CC[C@]1(C)N=N2. The van der Waals surface area contributed by atoms with Crippen LogP contribution in [0.5, 0.6) is 0 Å². The van der Waals surface area contributed by atoms with Crippen molar-refractivity contribution in [3.63, 3.8) is 0 Å². The fourth-order valence-corrected chi connectivity index (χ4v) is 1.91. The minimum Gasteiger partial charge on any atom is -0.187 e. The van der Waals surface area contributed by atoms with Crippen molar-refractivity contribution in [3.05, 3.63) is 0 Å². The van der Waals surface area contributed by atoms with E-state index in [0.29, 0.717) is 0 Å². The molecule has 0 amide bonds. The number of azo groups is 1. The molecule has 0 saturated heterocycles. The van der Waals surface area contributed by atoms with Crippen molar-refractivity contribution in [3.8, 4) is 0 Å². The third-order valence-corrected chi connectivity index (χ3v) is 2.73. The molecule has 2 rings (SSSR count). The van der Waals surface area contributed by atoms with Crippen LogP contribution in [-0.4, -0.2) is 11.1 Å². The van der Waals surface area contributed by atoms with E-state index in [2.05, 4.69) is 24.1 Å². The lowest BCUT2D eigenvalue weighted by atomic mass is 9.94. The summed E-state index contributed by atoms with van der Waals surface area (Å²) in [4.78, 5) is 0. The average Bonchev–Trinajstić information content (AvgIpc) is 2.41. The van der Waals surface area contributed by atoms with Gasteiger partial charge in [0.05, 0.1) is 11.1 Å². The number of rotatable bonds is 1. The number of hydrogen-bond donors (Lipinski definition) is 0. The second kappa shape index (κ2) is 1.60. The fourth-order valence-electron chi connectivity index (χ4n) is 1.91. The van der Waals surface area contributed by atoms with Gasteiger partial charge in [-0.15, -0.1) is 0 Å². The molecule has 1 saturated carbocycles. The van der Waals surface area contributed by atoms with Gasteiger partial charge in [0.1, 0.15) is 0 Å². The van der Waals surface area contributed by atoms with E-state index < -0.39 is 0 Å². The zero-order chi connectivity index (χ0) is 8.11. The van der Waals surface area contributed by atoms with E-state index in [1.54, 1.807) is 0 Å². The van der Waals surface area contributed by atoms with Gasteiger partial charge in [-0.3, -0.25) is 0 Å². The molecular formula is C8H14N2. The molecule has 0 spiro atoms. The Labute approximate surface area is 63.1 Å². The molecule has 0 N–H and O–H groups in total. The first-order valence-electron chi connectivity index (χ1n) is 4.57. The van der Waals surface area contributed by atoms with Gasteiger partial charge in [0, 0.05) is 7.77 Å². The summed E-state index contributed by atoms with van der Waals surface area (Å²) in [7, 11) is 0. The lowest BCUT2D eigenvalue weighted by Gasteiger charge is -2.16. The second-order valence-electron chi connectivity index (χ2n) is 3.66. The Morgan fingerprint density at radius 1 is 1.50 bits per heavy atom. The molecule has 2 heteroatoms. The van der Waals surface area contributed by atoms with Gasteiger partial charge in [-0.1, -0.05) is 6.92 Å². The van der Waals surface area contributed by atoms with Gasteiger partial charge in [-0.25, -0.2) is 0 Å². The van der Waals surface area contributed by atoms with Gasteiger partial charge in [0.15, 0.2) is 0 Å². The predicted octanol–water partition coefficient (Wildman–Crippen LogP) is 2.54. The molecule has 1 aliphatic heterocycles. The molecule has 0 radical (unpaired) electrons. The highest BCUT2D eigenvalue weighted by molar-refractivity contribution is 5.08. The second-order valence-corrected chi connectivity index (χ2v) is 3.66. The average molecular weight is 139 g/mol. The van der Waals surface area contributed by atoms with Crippen LogP contribution in [0.1, 0.15) is 40.9 Å².